The zero-order valence-electron chi connectivity index (χ0n) is 19.1. The number of fused-ring (bicyclic) bond motifs is 1. The van der Waals surface area contributed by atoms with E-state index in [4.69, 9.17) is 16.3 Å². The summed E-state index contributed by atoms with van der Waals surface area (Å²) in [4.78, 5) is 57.2. The zero-order valence-corrected chi connectivity index (χ0v) is 19.8. The lowest BCUT2D eigenvalue weighted by atomic mass is 10.1. The van der Waals surface area contributed by atoms with E-state index in [0.717, 1.165) is 0 Å². The van der Waals surface area contributed by atoms with Gasteiger partial charge in [0.15, 0.2) is 0 Å². The first-order valence-electron chi connectivity index (χ1n) is 11.0. The Morgan fingerprint density at radius 1 is 1.12 bits per heavy atom. The van der Waals surface area contributed by atoms with Crippen molar-refractivity contribution < 1.29 is 28.7 Å². The van der Waals surface area contributed by atoms with Crippen LogP contribution in [0.3, 0.4) is 0 Å². The summed E-state index contributed by atoms with van der Waals surface area (Å²) in [6.45, 7) is 3.18. The average Bonchev–Trinajstić information content (AvgIpc) is 2.86. The highest BCUT2D eigenvalue weighted by Crippen LogP contribution is 2.23. The highest BCUT2D eigenvalue weighted by molar-refractivity contribution is 6.35. The van der Waals surface area contributed by atoms with Crippen LogP contribution in [0.4, 0.5) is 4.79 Å². The summed E-state index contributed by atoms with van der Waals surface area (Å²) < 4.78 is 9.68. The molecule has 1 N–H and O–H groups in total. The fourth-order valence-corrected chi connectivity index (χ4v) is 3.91. The van der Waals surface area contributed by atoms with Crippen molar-refractivity contribution in [3.63, 3.8) is 0 Å². The van der Waals surface area contributed by atoms with Crippen molar-refractivity contribution in [3.8, 4) is 0 Å². The van der Waals surface area contributed by atoms with Crippen molar-refractivity contribution in [1.82, 2.24) is 20.1 Å². The summed E-state index contributed by atoms with van der Waals surface area (Å²) in [5, 5.41) is 3.76. The van der Waals surface area contributed by atoms with Gasteiger partial charge in [0.25, 0.3) is 5.91 Å². The SMILES string of the molecule is CCOC(=O)N1CCN(C(=O)[C@H](CCC(=O)OC)NC(=O)c2cc(Cl)c3ccccc3n2)CC1. The molecule has 2 heterocycles. The fraction of sp³-hybridized carbons (Fsp3) is 0.435. The van der Waals surface area contributed by atoms with E-state index in [2.05, 4.69) is 15.0 Å². The molecule has 0 aliphatic carbocycles. The van der Waals surface area contributed by atoms with Gasteiger partial charge in [0.1, 0.15) is 11.7 Å². The minimum Gasteiger partial charge on any atom is -0.469 e. The van der Waals surface area contributed by atoms with Crippen LogP contribution in [-0.4, -0.2) is 84.6 Å². The lowest BCUT2D eigenvalue weighted by Gasteiger charge is -2.36. The number of carbonyl (C=O) groups excluding carboxylic acids is 4. The maximum Gasteiger partial charge on any atom is 0.409 e. The van der Waals surface area contributed by atoms with Gasteiger partial charge in [-0.25, -0.2) is 9.78 Å². The van der Waals surface area contributed by atoms with Crippen LogP contribution in [-0.2, 0) is 19.1 Å². The molecule has 0 bridgehead atoms. The van der Waals surface area contributed by atoms with Crippen LogP contribution in [0.1, 0.15) is 30.3 Å². The number of esters is 1. The molecule has 2 aromatic rings. The van der Waals surface area contributed by atoms with Crippen molar-refractivity contribution in [1.29, 1.82) is 0 Å². The van der Waals surface area contributed by atoms with Crippen LogP contribution in [0.5, 0.6) is 0 Å². The number of nitrogens with one attached hydrogen (secondary N) is 1. The Kier molecular flexibility index (Phi) is 8.64. The van der Waals surface area contributed by atoms with Gasteiger partial charge in [-0.05, 0) is 25.5 Å². The molecule has 1 atom stereocenters. The topological polar surface area (TPSA) is 118 Å². The molecule has 0 unspecified atom stereocenters. The van der Waals surface area contributed by atoms with Crippen LogP contribution < -0.4 is 5.32 Å². The van der Waals surface area contributed by atoms with E-state index >= 15 is 0 Å². The smallest absolute Gasteiger partial charge is 0.409 e. The van der Waals surface area contributed by atoms with Gasteiger partial charge >= 0.3 is 12.1 Å². The molecule has 10 nitrogen and oxygen atoms in total. The number of piperazine rings is 1. The summed E-state index contributed by atoms with van der Waals surface area (Å²) in [5.41, 5.74) is 0.611. The van der Waals surface area contributed by atoms with Gasteiger partial charge in [0.05, 0.1) is 24.3 Å². The summed E-state index contributed by atoms with van der Waals surface area (Å²) >= 11 is 6.31. The monoisotopic (exact) mass is 490 g/mol. The third-order valence-corrected chi connectivity index (χ3v) is 5.80. The van der Waals surface area contributed by atoms with Gasteiger partial charge in [0, 0.05) is 38.0 Å². The Morgan fingerprint density at radius 2 is 1.79 bits per heavy atom. The van der Waals surface area contributed by atoms with Crippen molar-refractivity contribution >= 4 is 46.4 Å². The number of aromatic nitrogens is 1. The number of halogens is 1. The standard InChI is InChI=1S/C23H27ClN4O6/c1-3-34-23(32)28-12-10-27(11-13-28)22(31)18(8-9-20(29)33-2)26-21(30)19-14-16(24)15-6-4-5-7-17(15)25-19/h4-7,14,18H,3,8-13H2,1-2H3,(H,26,30)/t18-/m0/s1. The first kappa shape index (κ1) is 25.2. The summed E-state index contributed by atoms with van der Waals surface area (Å²) in [6, 6.07) is 7.60. The van der Waals surface area contributed by atoms with Crippen molar-refractivity contribution in [2.24, 2.45) is 0 Å². The van der Waals surface area contributed by atoms with Crippen LogP contribution in [0.25, 0.3) is 10.9 Å². The Hall–Kier alpha value is -3.40. The molecule has 0 radical (unpaired) electrons. The maximum atomic E-state index is 13.2. The minimum absolute atomic E-state index is 0.0522. The van der Waals surface area contributed by atoms with Crippen molar-refractivity contribution in [2.75, 3.05) is 39.9 Å². The molecule has 1 fully saturated rings. The Balaban J connectivity index is 1.73. The molecule has 1 aliphatic rings. The largest absolute Gasteiger partial charge is 0.469 e. The van der Waals surface area contributed by atoms with Gasteiger partial charge in [0.2, 0.25) is 5.91 Å². The van der Waals surface area contributed by atoms with E-state index < -0.39 is 24.0 Å². The van der Waals surface area contributed by atoms with Crippen molar-refractivity contribution in [2.45, 2.75) is 25.8 Å². The normalized spacial score (nSPS) is 14.4. The lowest BCUT2D eigenvalue weighted by Crippen LogP contribution is -2.56. The van der Waals surface area contributed by atoms with Crippen LogP contribution in [0.2, 0.25) is 5.02 Å². The second-order valence-corrected chi connectivity index (χ2v) is 8.07. The number of para-hydroxylation sites is 1. The van der Waals surface area contributed by atoms with Gasteiger partial charge in [-0.2, -0.15) is 0 Å². The Labute approximate surface area is 202 Å². The minimum atomic E-state index is -0.979. The number of amides is 3. The molecule has 1 saturated heterocycles. The molecule has 1 aliphatic heterocycles. The quantitative estimate of drug-likeness (QED) is 0.591. The van der Waals surface area contributed by atoms with Gasteiger partial charge in [-0.3, -0.25) is 14.4 Å². The molecule has 11 heteroatoms. The van der Waals surface area contributed by atoms with Crippen molar-refractivity contribution in [3.05, 3.63) is 41.0 Å². The molecule has 1 aromatic heterocycles. The summed E-state index contributed by atoms with van der Waals surface area (Å²) in [7, 11) is 1.26. The number of carbonyl (C=O) groups is 4. The molecular weight excluding hydrogens is 464 g/mol. The highest BCUT2D eigenvalue weighted by atomic mass is 35.5. The molecule has 34 heavy (non-hydrogen) atoms. The molecule has 182 valence electrons. The Bertz CT molecular complexity index is 1070. The first-order valence-corrected chi connectivity index (χ1v) is 11.3. The highest BCUT2D eigenvalue weighted by Gasteiger charge is 2.31. The number of ether oxygens (including phenoxy) is 2. The predicted molar refractivity (Wildman–Crippen MR) is 124 cm³/mol. The number of hydrogen-bond donors (Lipinski definition) is 1. The third-order valence-electron chi connectivity index (χ3n) is 5.48. The second kappa shape index (κ2) is 11.6. The summed E-state index contributed by atoms with van der Waals surface area (Å²) in [6.07, 6.45) is -0.428. The molecule has 3 rings (SSSR count). The zero-order chi connectivity index (χ0) is 24.7. The van der Waals surface area contributed by atoms with E-state index in [1.165, 1.54) is 18.1 Å². The maximum absolute atomic E-state index is 13.2. The molecule has 1 aromatic carbocycles. The number of methoxy groups -OCH3 is 1. The number of pyridine rings is 1. The van der Waals surface area contributed by atoms with Crippen LogP contribution in [0, 0.1) is 0 Å². The average molecular weight is 491 g/mol. The number of nitrogens with zero attached hydrogens (tertiary/aromatic N) is 3. The van der Waals surface area contributed by atoms with E-state index in [-0.39, 0.29) is 44.1 Å². The molecule has 0 spiro atoms. The fourth-order valence-electron chi connectivity index (χ4n) is 3.65. The summed E-state index contributed by atoms with van der Waals surface area (Å²) in [5.74, 6) is -1.43. The lowest BCUT2D eigenvalue weighted by molar-refractivity contribution is -0.141. The Morgan fingerprint density at radius 3 is 2.47 bits per heavy atom. The first-order chi connectivity index (χ1) is 16.3. The molecule has 0 saturated carbocycles. The molecular formula is C23H27ClN4O6. The van der Waals surface area contributed by atoms with Crippen LogP contribution in [0.15, 0.2) is 30.3 Å². The van der Waals surface area contributed by atoms with E-state index in [1.54, 1.807) is 30.0 Å². The molecule has 3 amide bonds. The van der Waals surface area contributed by atoms with Gasteiger partial charge in [-0.15, -0.1) is 0 Å². The van der Waals surface area contributed by atoms with E-state index in [0.29, 0.717) is 29.0 Å². The second-order valence-electron chi connectivity index (χ2n) is 7.66. The number of rotatable bonds is 7. The predicted octanol–water partition coefficient (Wildman–Crippen LogP) is 2.24. The number of hydrogen-bond acceptors (Lipinski definition) is 7. The van der Waals surface area contributed by atoms with Gasteiger partial charge < -0.3 is 24.6 Å². The van der Waals surface area contributed by atoms with Gasteiger partial charge in [-0.1, -0.05) is 29.8 Å². The number of benzene rings is 1. The van der Waals surface area contributed by atoms with Crippen LogP contribution >= 0.6 is 11.6 Å². The van der Waals surface area contributed by atoms with E-state index in [1.807, 2.05) is 6.07 Å². The third kappa shape index (κ3) is 6.13. The van der Waals surface area contributed by atoms with E-state index in [9.17, 15) is 19.2 Å².